The molecule has 1 aliphatic carbocycles. The van der Waals surface area contributed by atoms with E-state index in [0.29, 0.717) is 18.9 Å². The van der Waals surface area contributed by atoms with Crippen LogP contribution in [0.3, 0.4) is 0 Å². The molecule has 0 aromatic heterocycles. The molecule has 0 aliphatic heterocycles. The van der Waals surface area contributed by atoms with Gasteiger partial charge in [0.15, 0.2) is 0 Å². The average molecular weight is 283 g/mol. The van der Waals surface area contributed by atoms with Crippen LogP contribution in [0.4, 0.5) is 8.78 Å². The normalized spacial score (nSPS) is 16.9. The number of hydrogen-bond donors (Lipinski definition) is 2. The Kier molecular flexibility index (Phi) is 4.01. The molecule has 6 heteroatoms. The number of amides is 1. The molecule has 1 amide bonds. The fraction of sp³-hybridized carbons (Fsp3) is 0.429. The third-order valence-corrected chi connectivity index (χ3v) is 3.55. The van der Waals surface area contributed by atoms with Gasteiger partial charge < -0.3 is 10.4 Å². The Morgan fingerprint density at radius 3 is 2.20 bits per heavy atom. The summed E-state index contributed by atoms with van der Waals surface area (Å²) in [6.45, 7) is 0. The van der Waals surface area contributed by atoms with Gasteiger partial charge in [0, 0.05) is 11.6 Å². The maximum Gasteiger partial charge on any atom is 0.305 e. The third kappa shape index (κ3) is 3.31. The molecule has 0 heterocycles. The first-order chi connectivity index (χ1) is 9.40. The molecule has 0 saturated heterocycles. The molecule has 1 fully saturated rings. The summed E-state index contributed by atoms with van der Waals surface area (Å²) in [5.74, 6) is -3.33. The van der Waals surface area contributed by atoms with E-state index < -0.39 is 29.0 Å². The molecule has 0 spiro atoms. The zero-order valence-corrected chi connectivity index (χ0v) is 10.8. The second-order valence-corrected chi connectivity index (χ2v) is 5.17. The van der Waals surface area contributed by atoms with Gasteiger partial charge in [-0.2, -0.15) is 0 Å². The largest absolute Gasteiger partial charge is 0.481 e. The summed E-state index contributed by atoms with van der Waals surface area (Å²) in [5.41, 5.74) is -0.953. The highest BCUT2D eigenvalue weighted by Crippen LogP contribution is 2.33. The van der Waals surface area contributed by atoms with Gasteiger partial charge in [-0.3, -0.25) is 9.59 Å². The van der Waals surface area contributed by atoms with E-state index in [9.17, 15) is 18.4 Å². The molecule has 0 radical (unpaired) electrons. The molecule has 1 aromatic rings. The molecule has 0 atom stereocenters. The molecule has 2 N–H and O–H groups in total. The summed E-state index contributed by atoms with van der Waals surface area (Å²) in [4.78, 5) is 23.0. The average Bonchev–Trinajstić information content (AvgIpc) is 2.74. The lowest BCUT2D eigenvalue weighted by Gasteiger charge is -2.28. The van der Waals surface area contributed by atoms with Crippen molar-refractivity contribution in [2.45, 2.75) is 37.6 Å². The summed E-state index contributed by atoms with van der Waals surface area (Å²) in [6, 6.07) is 2.54. The Bertz CT molecular complexity index is 519. The Morgan fingerprint density at radius 1 is 1.15 bits per heavy atom. The van der Waals surface area contributed by atoms with Crippen molar-refractivity contribution in [3.05, 3.63) is 35.4 Å². The molecule has 0 bridgehead atoms. The van der Waals surface area contributed by atoms with E-state index in [1.165, 1.54) is 0 Å². The van der Waals surface area contributed by atoms with Crippen molar-refractivity contribution in [2.24, 2.45) is 0 Å². The topological polar surface area (TPSA) is 66.4 Å². The Balaban J connectivity index is 2.18. The number of hydrogen-bond acceptors (Lipinski definition) is 2. The molecule has 20 heavy (non-hydrogen) atoms. The minimum Gasteiger partial charge on any atom is -0.481 e. The van der Waals surface area contributed by atoms with Crippen LogP contribution in [0.1, 0.15) is 42.5 Å². The van der Waals surface area contributed by atoms with E-state index in [1.54, 1.807) is 0 Å². The summed E-state index contributed by atoms with van der Waals surface area (Å²) in [5, 5.41) is 11.6. The zero-order chi connectivity index (χ0) is 14.8. The Labute approximate surface area is 114 Å². The minimum atomic E-state index is -1.00. The number of halogens is 2. The minimum absolute atomic E-state index is 0.140. The first-order valence-electron chi connectivity index (χ1n) is 6.41. The number of carbonyl (C=O) groups is 2. The van der Waals surface area contributed by atoms with Gasteiger partial charge in [0.05, 0.1) is 12.0 Å². The van der Waals surface area contributed by atoms with Gasteiger partial charge in [0.25, 0.3) is 5.91 Å². The second kappa shape index (κ2) is 5.56. The third-order valence-electron chi connectivity index (χ3n) is 3.55. The zero-order valence-electron chi connectivity index (χ0n) is 10.8. The number of benzene rings is 1. The van der Waals surface area contributed by atoms with Crippen molar-refractivity contribution in [3.63, 3.8) is 0 Å². The molecule has 2 rings (SSSR count). The number of nitrogens with one attached hydrogen (secondary N) is 1. The molecular formula is C14H15F2NO3. The van der Waals surface area contributed by atoms with Gasteiger partial charge >= 0.3 is 5.97 Å². The predicted molar refractivity (Wildman–Crippen MR) is 67.3 cm³/mol. The quantitative estimate of drug-likeness (QED) is 0.892. The smallest absolute Gasteiger partial charge is 0.305 e. The number of carbonyl (C=O) groups excluding carboxylic acids is 1. The van der Waals surface area contributed by atoms with Crippen molar-refractivity contribution >= 4 is 11.9 Å². The molecule has 0 unspecified atom stereocenters. The number of carboxylic acids is 1. The SMILES string of the molecule is O=C(O)CC1(NC(=O)c2cc(F)cc(F)c2)CCCC1. The lowest BCUT2D eigenvalue weighted by molar-refractivity contribution is -0.138. The van der Waals surface area contributed by atoms with Crippen LogP contribution < -0.4 is 5.32 Å². The van der Waals surface area contributed by atoms with E-state index in [4.69, 9.17) is 5.11 Å². The van der Waals surface area contributed by atoms with Crippen molar-refractivity contribution < 1.29 is 23.5 Å². The van der Waals surface area contributed by atoms with Gasteiger partial charge in [0.1, 0.15) is 11.6 Å². The van der Waals surface area contributed by atoms with E-state index in [0.717, 1.165) is 25.0 Å². The van der Waals surface area contributed by atoms with Gasteiger partial charge in [-0.15, -0.1) is 0 Å². The fourth-order valence-electron chi connectivity index (χ4n) is 2.69. The first kappa shape index (κ1) is 14.4. The summed E-state index contributed by atoms with van der Waals surface area (Å²) in [6.07, 6.45) is 2.58. The molecule has 1 aliphatic rings. The second-order valence-electron chi connectivity index (χ2n) is 5.17. The summed E-state index contributed by atoms with van der Waals surface area (Å²) in [7, 11) is 0. The lowest BCUT2D eigenvalue weighted by atomic mass is 9.92. The molecular weight excluding hydrogens is 268 g/mol. The summed E-state index contributed by atoms with van der Waals surface area (Å²) < 4.78 is 26.2. The van der Waals surface area contributed by atoms with Crippen LogP contribution in [0, 0.1) is 11.6 Å². The van der Waals surface area contributed by atoms with Crippen LogP contribution in [0.25, 0.3) is 0 Å². The summed E-state index contributed by atoms with van der Waals surface area (Å²) >= 11 is 0. The van der Waals surface area contributed by atoms with Crippen molar-refractivity contribution in [3.8, 4) is 0 Å². The predicted octanol–water partition coefficient (Wildman–Crippen LogP) is 2.48. The molecule has 1 saturated carbocycles. The van der Waals surface area contributed by atoms with Crippen LogP contribution in [-0.4, -0.2) is 22.5 Å². The lowest BCUT2D eigenvalue weighted by Crippen LogP contribution is -2.47. The molecule has 4 nitrogen and oxygen atoms in total. The fourth-order valence-corrected chi connectivity index (χ4v) is 2.69. The first-order valence-corrected chi connectivity index (χ1v) is 6.41. The van der Waals surface area contributed by atoms with Crippen molar-refractivity contribution in [2.75, 3.05) is 0 Å². The monoisotopic (exact) mass is 283 g/mol. The van der Waals surface area contributed by atoms with Gasteiger partial charge in [-0.1, -0.05) is 12.8 Å². The molecule has 108 valence electrons. The number of aliphatic carboxylic acids is 1. The van der Waals surface area contributed by atoms with Crippen molar-refractivity contribution in [1.29, 1.82) is 0 Å². The Morgan fingerprint density at radius 2 is 1.70 bits per heavy atom. The van der Waals surface area contributed by atoms with Crippen LogP contribution in [-0.2, 0) is 4.79 Å². The highest BCUT2D eigenvalue weighted by Gasteiger charge is 2.37. The van der Waals surface area contributed by atoms with Crippen LogP contribution in [0.5, 0.6) is 0 Å². The maximum atomic E-state index is 13.1. The highest BCUT2D eigenvalue weighted by atomic mass is 19.1. The maximum absolute atomic E-state index is 13.1. The van der Waals surface area contributed by atoms with Crippen LogP contribution >= 0.6 is 0 Å². The van der Waals surface area contributed by atoms with Crippen LogP contribution in [0.2, 0.25) is 0 Å². The highest BCUT2D eigenvalue weighted by molar-refractivity contribution is 5.95. The van der Waals surface area contributed by atoms with Gasteiger partial charge in [-0.25, -0.2) is 8.78 Å². The Hall–Kier alpha value is -1.98. The standard InChI is InChI=1S/C14H15F2NO3/c15-10-5-9(6-11(16)7-10)13(20)17-14(8-12(18)19)3-1-2-4-14/h5-7H,1-4,8H2,(H,17,20)(H,18,19). The van der Waals surface area contributed by atoms with E-state index in [1.807, 2.05) is 0 Å². The molecule has 1 aromatic carbocycles. The van der Waals surface area contributed by atoms with Crippen LogP contribution in [0.15, 0.2) is 18.2 Å². The van der Waals surface area contributed by atoms with Crippen molar-refractivity contribution in [1.82, 2.24) is 5.32 Å². The van der Waals surface area contributed by atoms with Gasteiger partial charge in [-0.05, 0) is 25.0 Å². The van der Waals surface area contributed by atoms with E-state index in [-0.39, 0.29) is 12.0 Å². The number of rotatable bonds is 4. The number of carboxylic acid groups (broad SMARTS) is 1. The van der Waals surface area contributed by atoms with E-state index in [2.05, 4.69) is 5.32 Å². The van der Waals surface area contributed by atoms with Gasteiger partial charge in [0.2, 0.25) is 0 Å². The van der Waals surface area contributed by atoms with E-state index >= 15 is 0 Å².